The number of benzene rings is 2. The number of carbonyl (C=O) groups is 3. The second kappa shape index (κ2) is 34.2. The third kappa shape index (κ3) is 21.4. The second-order valence-corrected chi connectivity index (χ2v) is 19.9. The Morgan fingerprint density at radius 1 is 0.932 bits per heavy atom. The molecule has 73 heavy (non-hydrogen) atoms. The van der Waals surface area contributed by atoms with Crippen molar-refractivity contribution in [1.29, 1.82) is 0 Å². The predicted molar refractivity (Wildman–Crippen MR) is 310 cm³/mol. The fourth-order valence-electron chi connectivity index (χ4n) is 8.87. The third-order valence-electron chi connectivity index (χ3n) is 12.2. The van der Waals surface area contributed by atoms with Gasteiger partial charge in [-0.1, -0.05) is 123 Å². The van der Waals surface area contributed by atoms with E-state index in [4.69, 9.17) is 16.6 Å². The molecule has 0 fully saturated rings. The lowest BCUT2D eigenvalue weighted by Gasteiger charge is -2.32. The van der Waals surface area contributed by atoms with Crippen LogP contribution in [0.25, 0.3) is 33.3 Å². The number of likely N-dealkylation sites (N-methyl/N-ethyl adjacent to an activating group) is 1. The van der Waals surface area contributed by atoms with Gasteiger partial charge in [0.05, 0.1) is 31.7 Å². The lowest BCUT2D eigenvalue weighted by atomic mass is 9.80. The largest absolute Gasteiger partial charge is 0.373 e. The molecule has 0 bridgehead atoms. The van der Waals surface area contributed by atoms with E-state index < -0.39 is 0 Å². The topological polar surface area (TPSA) is 229 Å². The summed E-state index contributed by atoms with van der Waals surface area (Å²) in [7, 11) is 8.58. The summed E-state index contributed by atoms with van der Waals surface area (Å²) in [5.41, 5.74) is 20.8. The number of fused-ring (bicyclic) bond motifs is 1. The molecule has 1 amide bonds. The number of aldehydes is 2. The molecule has 5 aromatic rings. The maximum Gasteiger partial charge on any atom is 0.277 e. The van der Waals surface area contributed by atoms with Gasteiger partial charge in [-0.3, -0.25) is 31.1 Å². The lowest BCUT2D eigenvalue weighted by molar-refractivity contribution is -0.920. The highest BCUT2D eigenvalue weighted by Gasteiger charge is 2.33. The first-order valence-corrected chi connectivity index (χ1v) is 25.2. The number of hydrogen-bond acceptors (Lipinski definition) is 10. The van der Waals surface area contributed by atoms with Crippen molar-refractivity contribution in [3.63, 3.8) is 0 Å². The van der Waals surface area contributed by atoms with E-state index >= 15 is 0 Å². The van der Waals surface area contributed by atoms with Crippen molar-refractivity contribution in [1.82, 2.24) is 19.1 Å². The van der Waals surface area contributed by atoms with E-state index in [1.165, 1.54) is 51.5 Å². The van der Waals surface area contributed by atoms with Crippen LogP contribution in [0, 0.1) is 17.3 Å². The van der Waals surface area contributed by atoms with Crippen LogP contribution in [-0.4, -0.2) is 76.4 Å². The zero-order valence-electron chi connectivity index (χ0n) is 46.9. The molecule has 0 saturated heterocycles. The van der Waals surface area contributed by atoms with Gasteiger partial charge in [0.15, 0.2) is 18.2 Å². The SMILES string of the molecule is C=CC=C.C=CCCC(C)(C)Cc1c(-c2cccnc2C(C)C)n(CC)c2ccc(-c3cccc(CC(C)CCCC(=C)C=O)c3)cc12.CC(C)C(C(N)=O)[N+](C)(C)N.CN.CNc1cnc(C=O)n1C.NN. The summed E-state index contributed by atoms with van der Waals surface area (Å²) in [6.07, 6.45) is 17.5. The molecule has 11 N–H and O–H groups in total. The maximum atomic E-state index is 10.9. The number of nitrogens with zero attached hydrogens (tertiary/aromatic N) is 5. The van der Waals surface area contributed by atoms with Gasteiger partial charge in [0.1, 0.15) is 12.1 Å². The van der Waals surface area contributed by atoms with Gasteiger partial charge in [-0.2, -0.15) is 5.84 Å². The number of aryl methyl sites for hydroxylation is 1. The highest BCUT2D eigenvalue weighted by molar-refractivity contribution is 5.95. The van der Waals surface area contributed by atoms with Gasteiger partial charge in [0.25, 0.3) is 5.91 Å². The Hall–Kier alpha value is -6.29. The minimum absolute atomic E-state index is 0.104. The van der Waals surface area contributed by atoms with Crippen molar-refractivity contribution in [3.05, 3.63) is 140 Å². The van der Waals surface area contributed by atoms with Crippen LogP contribution in [0.4, 0.5) is 5.82 Å². The number of primary amides is 1. The zero-order valence-corrected chi connectivity index (χ0v) is 46.9. The van der Waals surface area contributed by atoms with Crippen molar-refractivity contribution in [2.45, 2.75) is 119 Å². The van der Waals surface area contributed by atoms with E-state index in [1.807, 2.05) is 26.1 Å². The second-order valence-electron chi connectivity index (χ2n) is 19.9. The molecule has 14 heteroatoms. The Labute approximate surface area is 439 Å². The lowest BCUT2D eigenvalue weighted by Crippen LogP contribution is -2.61. The summed E-state index contributed by atoms with van der Waals surface area (Å²) >= 11 is 0. The van der Waals surface area contributed by atoms with E-state index in [0.717, 1.165) is 75.6 Å². The first kappa shape index (κ1) is 66.7. The number of quaternary nitrogens is 1. The molecule has 2 atom stereocenters. The van der Waals surface area contributed by atoms with Crippen molar-refractivity contribution in [3.8, 4) is 22.4 Å². The number of nitrogens with one attached hydrogen (secondary N) is 1. The summed E-state index contributed by atoms with van der Waals surface area (Å²) in [6, 6.07) is 20.2. The average Bonchev–Trinajstić information content (AvgIpc) is 3.88. The normalized spacial score (nSPS) is 11.5. The van der Waals surface area contributed by atoms with Gasteiger partial charge in [0, 0.05) is 49.2 Å². The number of anilines is 1. The maximum absolute atomic E-state index is 10.9. The Morgan fingerprint density at radius 2 is 1.56 bits per heavy atom. The quantitative estimate of drug-likeness (QED) is 0.00731. The number of amides is 1. The minimum Gasteiger partial charge on any atom is -0.373 e. The molecule has 0 radical (unpaired) electrons. The van der Waals surface area contributed by atoms with Crippen LogP contribution in [0.3, 0.4) is 0 Å². The summed E-state index contributed by atoms with van der Waals surface area (Å²) in [4.78, 5) is 40.8. The van der Waals surface area contributed by atoms with Gasteiger partial charge in [-0.05, 0) is 122 Å². The Bertz CT molecular complexity index is 2470. The van der Waals surface area contributed by atoms with Crippen LogP contribution in [0.2, 0.25) is 0 Å². The number of hydrogen-bond donors (Lipinski definition) is 6. The molecule has 2 aromatic carbocycles. The van der Waals surface area contributed by atoms with Crippen molar-refractivity contribution < 1.29 is 19.0 Å². The summed E-state index contributed by atoms with van der Waals surface area (Å²) < 4.78 is 4.30. The standard InChI is InChI=1S/C41H52N2O.C7H17N3O.C6H9N3O.C4H6.CH5N.H4N2/c1-9-11-22-41(7,8)27-37-36-26-34(33-18-13-17-32(25-33)24-30(5)15-12-16-31(6)28-44)20-21-38(36)43(10-2)40(37)35-19-14-23-42-39(35)29(3)4;1-5(2)6(7(8)11)10(3,4)9;1-7-5-3-8-6(4-10)9(5)2;1-3-4-2;2*1-2/h9,13-14,17-21,23,25-26,28-30H,1,6,10-12,15-16,22,24,27H2,2-5,7-8H3;5-6H,9H2,1-4H3,(H-,8,11);3-4,7H,1-2H3;3-4H,1-2H2;2H2,1H3;1-2H2/p+1. The highest BCUT2D eigenvalue weighted by atomic mass is 16.1. The van der Waals surface area contributed by atoms with Crippen LogP contribution in [0.15, 0.2) is 117 Å². The Morgan fingerprint density at radius 3 is 2.03 bits per heavy atom. The first-order valence-electron chi connectivity index (χ1n) is 25.2. The number of aromatic nitrogens is 4. The number of rotatable bonds is 22. The Balaban J connectivity index is 0.00000145. The molecule has 402 valence electrons. The molecule has 2 unspecified atom stereocenters. The summed E-state index contributed by atoms with van der Waals surface area (Å²) in [5, 5.41) is 4.24. The van der Waals surface area contributed by atoms with Crippen molar-refractivity contribution >= 4 is 35.2 Å². The smallest absolute Gasteiger partial charge is 0.277 e. The van der Waals surface area contributed by atoms with Crippen LogP contribution in [0.5, 0.6) is 0 Å². The van der Waals surface area contributed by atoms with Gasteiger partial charge in [0.2, 0.25) is 0 Å². The Kier molecular flexibility index (Phi) is 31.2. The molecular formula is C59H94N11O3+. The molecular weight excluding hydrogens is 911 g/mol. The zero-order chi connectivity index (χ0) is 56.1. The van der Waals surface area contributed by atoms with Gasteiger partial charge < -0.3 is 25.9 Å². The molecule has 0 aliphatic heterocycles. The number of nitrogens with two attached hydrogens (primary N) is 5. The van der Waals surface area contributed by atoms with Gasteiger partial charge >= 0.3 is 0 Å². The van der Waals surface area contributed by atoms with Crippen molar-refractivity contribution in [2.24, 2.45) is 53.3 Å². The fourth-order valence-corrected chi connectivity index (χ4v) is 8.87. The van der Waals surface area contributed by atoms with Gasteiger partial charge in [-0.15, -0.1) is 6.58 Å². The highest BCUT2D eigenvalue weighted by Crippen LogP contribution is 2.42. The van der Waals surface area contributed by atoms with Gasteiger partial charge in [-0.25, -0.2) is 9.58 Å². The van der Waals surface area contributed by atoms with E-state index in [2.05, 4.69) is 155 Å². The van der Waals surface area contributed by atoms with Crippen LogP contribution < -0.4 is 34.3 Å². The van der Waals surface area contributed by atoms with E-state index in [0.29, 0.717) is 23.2 Å². The molecule has 0 aliphatic rings. The van der Waals surface area contributed by atoms with Crippen LogP contribution >= 0.6 is 0 Å². The monoisotopic (exact) mass is 1000 g/mol. The van der Waals surface area contributed by atoms with E-state index in [9.17, 15) is 14.4 Å². The molecule has 14 nitrogen and oxygen atoms in total. The molecule has 5 rings (SSSR count). The molecule has 0 saturated carbocycles. The summed E-state index contributed by atoms with van der Waals surface area (Å²) in [6.45, 7) is 33.2. The molecule has 3 aromatic heterocycles. The van der Waals surface area contributed by atoms with E-state index in [-0.39, 0.29) is 27.9 Å². The first-order chi connectivity index (χ1) is 34.5. The average molecular weight is 1010 g/mol. The molecule has 3 heterocycles. The predicted octanol–water partition coefficient (Wildman–Crippen LogP) is 10.6. The summed E-state index contributed by atoms with van der Waals surface area (Å²) in [5.74, 6) is 15.7. The van der Waals surface area contributed by atoms with Crippen LogP contribution in [0.1, 0.15) is 121 Å². The fraction of sp³-hybridized carbons (Fsp3) is 0.441. The molecule has 0 aliphatic carbocycles. The number of hydrazine groups is 1. The number of carbonyl (C=O) groups excluding carboxylic acids is 3. The number of pyridine rings is 1. The van der Waals surface area contributed by atoms with Crippen molar-refractivity contribution in [2.75, 3.05) is 33.5 Å². The molecule has 0 spiro atoms. The minimum atomic E-state index is -0.340. The van der Waals surface area contributed by atoms with Crippen LogP contribution in [-0.2, 0) is 36.0 Å². The third-order valence-corrected chi connectivity index (χ3v) is 12.2. The number of imidazole rings is 1. The van der Waals surface area contributed by atoms with E-state index in [1.54, 1.807) is 51.1 Å². The number of allylic oxidation sites excluding steroid dienone is 4.